The van der Waals surface area contributed by atoms with E-state index in [-0.39, 0.29) is 0 Å². The van der Waals surface area contributed by atoms with Crippen LogP contribution in [0.4, 0.5) is 0 Å². The van der Waals surface area contributed by atoms with E-state index in [4.69, 9.17) is 10.5 Å². The van der Waals surface area contributed by atoms with Crippen molar-refractivity contribution in [1.82, 2.24) is 4.90 Å². The Bertz CT molecular complexity index is 539. The van der Waals surface area contributed by atoms with Gasteiger partial charge in [-0.1, -0.05) is 24.3 Å². The van der Waals surface area contributed by atoms with Gasteiger partial charge in [-0.2, -0.15) is 0 Å². The van der Waals surface area contributed by atoms with Gasteiger partial charge in [-0.3, -0.25) is 0 Å². The van der Waals surface area contributed by atoms with Crippen molar-refractivity contribution in [2.24, 2.45) is 5.73 Å². The molecule has 3 nitrogen and oxygen atoms in total. The van der Waals surface area contributed by atoms with Gasteiger partial charge in [0.25, 0.3) is 0 Å². The summed E-state index contributed by atoms with van der Waals surface area (Å²) in [7, 11) is 3.81. The molecule has 2 N–H and O–H groups in total. The lowest BCUT2D eigenvalue weighted by Crippen LogP contribution is -2.27. The van der Waals surface area contributed by atoms with Crippen LogP contribution in [0.5, 0.6) is 5.75 Å². The van der Waals surface area contributed by atoms with Gasteiger partial charge in [0.2, 0.25) is 0 Å². The van der Waals surface area contributed by atoms with E-state index in [0.29, 0.717) is 6.54 Å². The minimum Gasteiger partial charge on any atom is -0.497 e. The Kier molecular flexibility index (Phi) is 4.77. The molecule has 2 aromatic carbocycles. The molecule has 0 atom stereocenters. The number of nitrogens with zero attached hydrogens (tertiary/aromatic N) is 1. The summed E-state index contributed by atoms with van der Waals surface area (Å²) in [5.41, 5.74) is 6.91. The fraction of sp³-hybridized carbons (Fsp3) is 0.375. The summed E-state index contributed by atoms with van der Waals surface area (Å²) >= 11 is 0. The van der Waals surface area contributed by atoms with E-state index in [1.165, 1.54) is 16.3 Å². The van der Waals surface area contributed by atoms with Crippen LogP contribution in [0.25, 0.3) is 10.8 Å². The van der Waals surface area contributed by atoms with Crippen molar-refractivity contribution in [2.75, 3.05) is 33.8 Å². The fourth-order valence-corrected chi connectivity index (χ4v) is 2.21. The Labute approximate surface area is 115 Å². The predicted octanol–water partition coefficient (Wildman–Crippen LogP) is 2.28. The van der Waals surface area contributed by atoms with Crippen LogP contribution in [0.1, 0.15) is 5.56 Å². The molecule has 2 aromatic rings. The van der Waals surface area contributed by atoms with Gasteiger partial charge in [0, 0.05) is 19.6 Å². The van der Waals surface area contributed by atoms with Crippen molar-refractivity contribution in [3.05, 3.63) is 42.0 Å². The molecule has 0 amide bonds. The monoisotopic (exact) mass is 258 g/mol. The largest absolute Gasteiger partial charge is 0.497 e. The Morgan fingerprint density at radius 2 is 1.79 bits per heavy atom. The molecular formula is C16H22N2O. The minimum absolute atomic E-state index is 0.716. The first-order valence-corrected chi connectivity index (χ1v) is 6.68. The van der Waals surface area contributed by atoms with Crippen LogP contribution in [0.3, 0.4) is 0 Å². The van der Waals surface area contributed by atoms with Crippen LogP contribution in [0, 0.1) is 0 Å². The van der Waals surface area contributed by atoms with E-state index < -0.39 is 0 Å². The quantitative estimate of drug-likeness (QED) is 0.864. The number of hydrogen-bond acceptors (Lipinski definition) is 3. The second-order valence-electron chi connectivity index (χ2n) is 4.89. The molecule has 0 spiro atoms. The predicted molar refractivity (Wildman–Crippen MR) is 80.8 cm³/mol. The molecular weight excluding hydrogens is 236 g/mol. The molecule has 0 bridgehead atoms. The summed E-state index contributed by atoms with van der Waals surface area (Å²) in [6.45, 7) is 2.71. The first-order chi connectivity index (χ1) is 9.22. The Morgan fingerprint density at radius 3 is 2.53 bits per heavy atom. The van der Waals surface area contributed by atoms with Crippen molar-refractivity contribution in [3.8, 4) is 5.75 Å². The first-order valence-electron chi connectivity index (χ1n) is 6.68. The van der Waals surface area contributed by atoms with Gasteiger partial charge in [0.05, 0.1) is 7.11 Å². The molecule has 0 fully saturated rings. The van der Waals surface area contributed by atoms with Gasteiger partial charge in [-0.25, -0.2) is 0 Å². The molecule has 0 unspecified atom stereocenters. The maximum absolute atomic E-state index is 5.55. The van der Waals surface area contributed by atoms with E-state index in [1.54, 1.807) is 7.11 Å². The first kappa shape index (κ1) is 13.8. The molecule has 2 rings (SSSR count). The average molecular weight is 258 g/mol. The number of hydrogen-bond donors (Lipinski definition) is 1. The highest BCUT2D eigenvalue weighted by Crippen LogP contribution is 2.22. The molecule has 0 aliphatic rings. The smallest absolute Gasteiger partial charge is 0.119 e. The number of ether oxygens (including phenoxy) is 1. The SMILES string of the molecule is COc1ccc2cc(CCN(C)CCN)ccc2c1. The third-order valence-corrected chi connectivity index (χ3v) is 3.40. The zero-order valence-corrected chi connectivity index (χ0v) is 11.7. The van der Waals surface area contributed by atoms with E-state index in [0.717, 1.165) is 25.3 Å². The molecule has 0 radical (unpaired) electrons. The molecule has 0 heterocycles. The van der Waals surface area contributed by atoms with Gasteiger partial charge >= 0.3 is 0 Å². The summed E-state index contributed by atoms with van der Waals surface area (Å²) in [4.78, 5) is 2.26. The standard InChI is InChI=1S/C16H22N2O/c1-18(10-8-17)9-7-13-3-4-15-12-16(19-2)6-5-14(15)11-13/h3-6,11-12H,7-10,17H2,1-2H3. The molecule has 3 heteroatoms. The van der Waals surface area contributed by atoms with Crippen molar-refractivity contribution < 1.29 is 4.74 Å². The number of rotatable bonds is 6. The van der Waals surface area contributed by atoms with Gasteiger partial charge in [-0.15, -0.1) is 0 Å². The van der Waals surface area contributed by atoms with Gasteiger partial charge in [0.1, 0.15) is 5.75 Å². The van der Waals surface area contributed by atoms with Crippen LogP contribution in [0.15, 0.2) is 36.4 Å². The third-order valence-electron chi connectivity index (χ3n) is 3.40. The minimum atomic E-state index is 0.716. The number of methoxy groups -OCH3 is 1. The summed E-state index contributed by atoms with van der Waals surface area (Å²) in [5.74, 6) is 0.905. The molecule has 102 valence electrons. The van der Waals surface area contributed by atoms with E-state index >= 15 is 0 Å². The van der Waals surface area contributed by atoms with E-state index in [2.05, 4.69) is 42.3 Å². The molecule has 0 saturated heterocycles. The number of benzene rings is 2. The fourth-order valence-electron chi connectivity index (χ4n) is 2.21. The number of nitrogens with two attached hydrogens (primary N) is 1. The van der Waals surface area contributed by atoms with Crippen LogP contribution < -0.4 is 10.5 Å². The summed E-state index contributed by atoms with van der Waals surface area (Å²) in [6, 6.07) is 12.8. The normalized spacial score (nSPS) is 11.2. The highest BCUT2D eigenvalue weighted by molar-refractivity contribution is 5.84. The maximum atomic E-state index is 5.55. The van der Waals surface area contributed by atoms with Crippen LogP contribution >= 0.6 is 0 Å². The maximum Gasteiger partial charge on any atom is 0.119 e. The topological polar surface area (TPSA) is 38.5 Å². The van der Waals surface area contributed by atoms with Crippen molar-refractivity contribution in [3.63, 3.8) is 0 Å². The number of likely N-dealkylation sites (N-methyl/N-ethyl adjacent to an activating group) is 1. The number of fused-ring (bicyclic) bond motifs is 1. The summed E-state index contributed by atoms with van der Waals surface area (Å²) in [5, 5.41) is 2.48. The van der Waals surface area contributed by atoms with Crippen molar-refractivity contribution >= 4 is 10.8 Å². The van der Waals surface area contributed by atoms with Gasteiger partial charge < -0.3 is 15.4 Å². The van der Waals surface area contributed by atoms with Crippen molar-refractivity contribution in [2.45, 2.75) is 6.42 Å². The molecule has 19 heavy (non-hydrogen) atoms. The van der Waals surface area contributed by atoms with Crippen LogP contribution in [-0.2, 0) is 6.42 Å². The lowest BCUT2D eigenvalue weighted by molar-refractivity contribution is 0.348. The Morgan fingerprint density at radius 1 is 1.05 bits per heavy atom. The Hall–Kier alpha value is -1.58. The van der Waals surface area contributed by atoms with Gasteiger partial charge in [-0.05, 0) is 41.9 Å². The van der Waals surface area contributed by atoms with Gasteiger partial charge in [0.15, 0.2) is 0 Å². The third kappa shape index (κ3) is 3.69. The Balaban J connectivity index is 2.09. The molecule has 0 aromatic heterocycles. The molecule has 0 aliphatic heterocycles. The summed E-state index contributed by atoms with van der Waals surface area (Å²) in [6.07, 6.45) is 1.05. The second-order valence-corrected chi connectivity index (χ2v) is 4.89. The lowest BCUT2D eigenvalue weighted by Gasteiger charge is -2.15. The molecule has 0 saturated carbocycles. The van der Waals surface area contributed by atoms with Crippen LogP contribution in [0.2, 0.25) is 0 Å². The van der Waals surface area contributed by atoms with Crippen molar-refractivity contribution in [1.29, 1.82) is 0 Å². The zero-order chi connectivity index (χ0) is 13.7. The van der Waals surface area contributed by atoms with E-state index in [1.807, 2.05) is 6.07 Å². The highest BCUT2D eigenvalue weighted by atomic mass is 16.5. The zero-order valence-electron chi connectivity index (χ0n) is 11.7. The summed E-state index contributed by atoms with van der Waals surface area (Å²) < 4.78 is 5.24. The highest BCUT2D eigenvalue weighted by Gasteiger charge is 2.01. The van der Waals surface area contributed by atoms with E-state index in [9.17, 15) is 0 Å². The lowest BCUT2D eigenvalue weighted by atomic mass is 10.0. The average Bonchev–Trinajstić information content (AvgIpc) is 2.44. The molecule has 0 aliphatic carbocycles. The second kappa shape index (κ2) is 6.55. The van der Waals surface area contributed by atoms with Crippen LogP contribution in [-0.4, -0.2) is 38.7 Å².